The number of halogens is 2. The van der Waals surface area contributed by atoms with Crippen LogP contribution in [0.15, 0.2) is 82.6 Å². The van der Waals surface area contributed by atoms with E-state index in [0.717, 1.165) is 28.0 Å². The SMILES string of the molecule is CCOC(=O)c1ccc(N2C(=O)C3Sc4c(sc(=O)n4CC(=O)Nc4ccc(F)cc4)[C@@H](c4ccc(Cl)cc4)C3C2=O)cc1. The molecule has 1 saturated heterocycles. The maximum absolute atomic E-state index is 14.0. The van der Waals surface area contributed by atoms with Crippen molar-refractivity contribution in [2.45, 2.75) is 29.7 Å². The van der Waals surface area contributed by atoms with Gasteiger partial charge in [-0.05, 0) is 73.2 Å². The first-order chi connectivity index (χ1) is 21.2. The zero-order valence-corrected chi connectivity index (χ0v) is 25.4. The van der Waals surface area contributed by atoms with Crippen LogP contribution in [-0.4, -0.2) is 40.1 Å². The second kappa shape index (κ2) is 12.0. The number of carbonyl (C=O) groups is 4. The average Bonchev–Trinajstić information content (AvgIpc) is 3.45. The number of thioether (sulfide) groups is 1. The third-order valence-electron chi connectivity index (χ3n) is 7.34. The van der Waals surface area contributed by atoms with Crippen molar-refractivity contribution in [3.63, 3.8) is 0 Å². The zero-order valence-electron chi connectivity index (χ0n) is 23.0. The van der Waals surface area contributed by atoms with Gasteiger partial charge in [-0.15, -0.1) is 0 Å². The predicted octanol–water partition coefficient (Wildman–Crippen LogP) is 5.31. The molecule has 0 saturated carbocycles. The molecule has 2 aliphatic rings. The van der Waals surface area contributed by atoms with Gasteiger partial charge in [0.05, 0.1) is 28.8 Å². The Morgan fingerprint density at radius 1 is 0.955 bits per heavy atom. The van der Waals surface area contributed by atoms with Crippen LogP contribution in [0.4, 0.5) is 15.8 Å². The van der Waals surface area contributed by atoms with Gasteiger partial charge in [-0.25, -0.2) is 14.1 Å². The minimum Gasteiger partial charge on any atom is -0.462 e. The van der Waals surface area contributed by atoms with E-state index in [4.69, 9.17) is 16.3 Å². The molecule has 1 fully saturated rings. The summed E-state index contributed by atoms with van der Waals surface area (Å²) in [5.41, 5.74) is 1.64. The van der Waals surface area contributed by atoms with Gasteiger partial charge in [0.1, 0.15) is 17.6 Å². The molecule has 4 aromatic rings. The maximum Gasteiger partial charge on any atom is 0.338 e. The topological polar surface area (TPSA) is 115 Å². The standard InChI is InChI=1S/C31H23ClFN3O6S2/c1-2-42-30(40)17-5-13-21(14-6-17)36-27(38)24-23(16-3-7-18(32)8-4-16)26-29(43-25(24)28(36)39)35(31(41)44-26)15-22(37)34-20-11-9-19(33)10-12-20/h3-14,23-25H,2,15H2,1H3,(H,34,37)/t23-,24?,25?/m0/s1. The molecule has 3 heterocycles. The summed E-state index contributed by atoms with van der Waals surface area (Å²) in [6, 6.07) is 18.1. The summed E-state index contributed by atoms with van der Waals surface area (Å²) in [7, 11) is 0. The minimum absolute atomic E-state index is 0.208. The number of anilines is 2. The highest BCUT2D eigenvalue weighted by Gasteiger charge is 2.56. The van der Waals surface area contributed by atoms with Crippen LogP contribution in [0.2, 0.25) is 5.02 Å². The van der Waals surface area contributed by atoms with Crippen LogP contribution in [0.1, 0.15) is 33.6 Å². The Balaban J connectivity index is 1.36. The summed E-state index contributed by atoms with van der Waals surface area (Å²) < 4.78 is 19.6. The van der Waals surface area contributed by atoms with Crippen LogP contribution in [0.5, 0.6) is 0 Å². The Labute approximate surface area is 263 Å². The van der Waals surface area contributed by atoms with Crippen molar-refractivity contribution in [2.24, 2.45) is 5.92 Å². The van der Waals surface area contributed by atoms with E-state index in [-0.39, 0.29) is 18.7 Å². The van der Waals surface area contributed by atoms with Gasteiger partial charge in [0.25, 0.3) is 0 Å². The van der Waals surface area contributed by atoms with Crippen LogP contribution < -0.4 is 15.1 Å². The smallest absolute Gasteiger partial charge is 0.338 e. The highest BCUT2D eigenvalue weighted by Crippen LogP contribution is 2.54. The number of hydrogen-bond acceptors (Lipinski definition) is 8. The molecule has 3 aromatic carbocycles. The number of esters is 1. The third kappa shape index (κ3) is 5.44. The number of carbonyl (C=O) groups excluding carboxylic acids is 4. The number of aromatic nitrogens is 1. The molecule has 224 valence electrons. The van der Waals surface area contributed by atoms with Gasteiger partial charge in [-0.2, -0.15) is 0 Å². The number of rotatable bonds is 7. The summed E-state index contributed by atoms with van der Waals surface area (Å²) in [4.78, 5) is 67.5. The number of ether oxygens (including phenoxy) is 1. The summed E-state index contributed by atoms with van der Waals surface area (Å²) >= 11 is 8.16. The van der Waals surface area contributed by atoms with Gasteiger partial charge >= 0.3 is 10.8 Å². The largest absolute Gasteiger partial charge is 0.462 e. The molecular weight excluding hydrogens is 629 g/mol. The van der Waals surface area contributed by atoms with Crippen LogP contribution >= 0.6 is 34.7 Å². The highest BCUT2D eigenvalue weighted by molar-refractivity contribution is 8.00. The number of amides is 3. The Kier molecular flexibility index (Phi) is 8.14. The van der Waals surface area contributed by atoms with Crippen LogP contribution in [0, 0.1) is 11.7 Å². The molecule has 0 radical (unpaired) electrons. The minimum atomic E-state index is -0.888. The summed E-state index contributed by atoms with van der Waals surface area (Å²) in [5, 5.41) is 2.68. The maximum atomic E-state index is 14.0. The van der Waals surface area contributed by atoms with Crippen molar-refractivity contribution < 1.29 is 28.3 Å². The quantitative estimate of drug-likeness (QED) is 0.213. The molecule has 2 unspecified atom stereocenters. The Hall–Kier alpha value is -4.26. The lowest BCUT2D eigenvalue weighted by atomic mass is 9.83. The van der Waals surface area contributed by atoms with Crippen molar-refractivity contribution in [3.8, 4) is 0 Å². The van der Waals surface area contributed by atoms with Crippen LogP contribution in [0.25, 0.3) is 0 Å². The molecule has 3 amide bonds. The van der Waals surface area contributed by atoms with E-state index in [1.807, 2.05) is 0 Å². The van der Waals surface area contributed by atoms with Crippen molar-refractivity contribution in [1.82, 2.24) is 4.57 Å². The number of imide groups is 1. The third-order valence-corrected chi connectivity index (χ3v) is 10.2. The van der Waals surface area contributed by atoms with E-state index in [2.05, 4.69) is 5.32 Å². The zero-order chi connectivity index (χ0) is 31.1. The summed E-state index contributed by atoms with van der Waals surface area (Å²) in [5.74, 6) is -3.90. The van der Waals surface area contributed by atoms with Crippen molar-refractivity contribution in [2.75, 3.05) is 16.8 Å². The highest BCUT2D eigenvalue weighted by atomic mass is 35.5. The van der Waals surface area contributed by atoms with Crippen molar-refractivity contribution >= 4 is 69.8 Å². The summed E-state index contributed by atoms with van der Waals surface area (Å²) in [6.45, 7) is 1.56. The molecule has 0 spiro atoms. The number of hydrogen-bond donors (Lipinski definition) is 1. The fraction of sp³-hybridized carbons (Fsp3) is 0.194. The molecule has 2 aliphatic heterocycles. The average molecular weight is 652 g/mol. The van der Waals surface area contributed by atoms with E-state index in [1.165, 1.54) is 53.1 Å². The number of nitrogens with one attached hydrogen (secondary N) is 1. The first-order valence-corrected chi connectivity index (χ1v) is 15.6. The normalized spacial score (nSPS) is 19.0. The Bertz CT molecular complexity index is 1840. The number of benzene rings is 3. The molecule has 0 bridgehead atoms. The Morgan fingerprint density at radius 2 is 1.64 bits per heavy atom. The van der Waals surface area contributed by atoms with Crippen LogP contribution in [0.3, 0.4) is 0 Å². The van der Waals surface area contributed by atoms with Crippen molar-refractivity contribution in [3.05, 3.63) is 109 Å². The van der Waals surface area contributed by atoms with Gasteiger partial charge in [-0.1, -0.05) is 46.8 Å². The summed E-state index contributed by atoms with van der Waals surface area (Å²) in [6.07, 6.45) is 0. The second-order valence-electron chi connectivity index (χ2n) is 10.1. The van der Waals surface area contributed by atoms with Crippen molar-refractivity contribution in [1.29, 1.82) is 0 Å². The molecule has 6 rings (SSSR count). The second-order valence-corrected chi connectivity index (χ2v) is 12.6. The molecular formula is C31H23ClFN3O6S2. The van der Waals surface area contributed by atoms with Gasteiger partial charge in [-0.3, -0.25) is 23.7 Å². The fourth-order valence-electron chi connectivity index (χ4n) is 5.38. The first-order valence-electron chi connectivity index (χ1n) is 13.5. The molecule has 9 nitrogen and oxygen atoms in total. The van der Waals surface area contributed by atoms with Crippen LogP contribution in [-0.2, 0) is 25.7 Å². The van der Waals surface area contributed by atoms with E-state index < -0.39 is 51.5 Å². The molecule has 1 aromatic heterocycles. The van der Waals surface area contributed by atoms with Gasteiger partial charge < -0.3 is 10.1 Å². The number of thiazole rings is 1. The lowest BCUT2D eigenvalue weighted by Crippen LogP contribution is -2.33. The van der Waals surface area contributed by atoms with E-state index >= 15 is 0 Å². The van der Waals surface area contributed by atoms with Gasteiger partial charge in [0.15, 0.2) is 0 Å². The Morgan fingerprint density at radius 3 is 2.30 bits per heavy atom. The number of nitrogens with zero attached hydrogens (tertiary/aromatic N) is 2. The van der Waals surface area contributed by atoms with Gasteiger partial charge in [0, 0.05) is 21.5 Å². The molecule has 0 aliphatic carbocycles. The lowest BCUT2D eigenvalue weighted by molar-refractivity contribution is -0.122. The fourth-order valence-corrected chi connectivity index (χ4v) is 8.28. The van der Waals surface area contributed by atoms with E-state index in [0.29, 0.717) is 31.9 Å². The lowest BCUT2D eigenvalue weighted by Gasteiger charge is -2.30. The molecule has 1 N–H and O–H groups in total. The first kappa shape index (κ1) is 29.8. The molecule has 13 heteroatoms. The predicted molar refractivity (Wildman–Crippen MR) is 165 cm³/mol. The number of fused-ring (bicyclic) bond motifs is 2. The molecule has 3 atom stereocenters. The van der Waals surface area contributed by atoms with Gasteiger partial charge in [0.2, 0.25) is 17.7 Å². The van der Waals surface area contributed by atoms with E-state index in [9.17, 15) is 28.4 Å². The van der Waals surface area contributed by atoms with E-state index in [1.54, 1.807) is 31.2 Å². The monoisotopic (exact) mass is 651 g/mol. The molecule has 44 heavy (non-hydrogen) atoms.